The molecule has 0 spiro atoms. The summed E-state index contributed by atoms with van der Waals surface area (Å²) in [6.07, 6.45) is -5.30. The van der Waals surface area contributed by atoms with Gasteiger partial charge in [0.2, 0.25) is 0 Å². The minimum atomic E-state index is -4.73. The van der Waals surface area contributed by atoms with E-state index in [9.17, 15) is 22.2 Å². The molecule has 4 nitrogen and oxygen atoms in total. The van der Waals surface area contributed by atoms with E-state index in [4.69, 9.17) is 4.74 Å². The van der Waals surface area contributed by atoms with E-state index in [-0.39, 0.29) is 6.42 Å². The molecule has 0 radical (unpaired) electrons. The summed E-state index contributed by atoms with van der Waals surface area (Å²) in [5, 5.41) is 0. The highest BCUT2D eigenvalue weighted by Crippen LogP contribution is 2.35. The van der Waals surface area contributed by atoms with Crippen molar-refractivity contribution in [3.63, 3.8) is 0 Å². The molecule has 0 aliphatic heterocycles. The monoisotopic (exact) mass is 373 g/mol. The Morgan fingerprint density at radius 3 is 1.83 bits per heavy atom. The number of hydrogen-bond donors (Lipinski definition) is 1. The molecule has 0 saturated carbocycles. The predicted octanol–water partition coefficient (Wildman–Crippen LogP) is 3.97. The third-order valence-corrected chi connectivity index (χ3v) is 4.61. The Morgan fingerprint density at radius 2 is 1.54 bits per heavy atom. The molecule has 0 bridgehead atoms. The first-order valence-electron chi connectivity index (χ1n) is 7.90. The molecule has 0 saturated heterocycles. The van der Waals surface area contributed by atoms with Crippen molar-refractivity contribution in [2.24, 2.45) is 11.3 Å². The topological polar surface area (TPSA) is 55.4 Å². The highest BCUT2D eigenvalue weighted by atomic mass is 32.2. The van der Waals surface area contributed by atoms with Crippen molar-refractivity contribution in [2.75, 3.05) is 0 Å². The summed E-state index contributed by atoms with van der Waals surface area (Å²) in [6, 6.07) is -2.23. The molecule has 0 aliphatic carbocycles. The van der Waals surface area contributed by atoms with E-state index >= 15 is 0 Å². The summed E-state index contributed by atoms with van der Waals surface area (Å²) >= 11 is 0. The third-order valence-electron chi connectivity index (χ3n) is 3.03. The van der Waals surface area contributed by atoms with Gasteiger partial charge in [0.05, 0.1) is 27.8 Å². The molecule has 0 amide bonds. The van der Waals surface area contributed by atoms with Gasteiger partial charge in [-0.25, -0.2) is 8.93 Å². The fraction of sp³-hybridized carbons (Fsp3) is 0.938. The van der Waals surface area contributed by atoms with Gasteiger partial charge in [0.15, 0.2) is 0 Å². The third kappa shape index (κ3) is 8.46. The van der Waals surface area contributed by atoms with Gasteiger partial charge in [0.25, 0.3) is 0 Å². The average Bonchev–Trinajstić information content (AvgIpc) is 2.28. The van der Waals surface area contributed by atoms with Crippen molar-refractivity contribution in [1.29, 1.82) is 0 Å². The second-order valence-corrected chi connectivity index (χ2v) is 10.4. The van der Waals surface area contributed by atoms with E-state index in [1.807, 2.05) is 0 Å². The van der Waals surface area contributed by atoms with Gasteiger partial charge in [-0.3, -0.25) is 4.79 Å². The molecular weight excluding hydrogens is 343 g/mol. The standard InChI is InChI=1S/C16H30F3NO3S/c1-10(2)23-13(21)11(9-14(3,4)5)12(16(17,18)19)20-24(22)15(6,7)8/h10-12,20H,9H2,1-8H3/t11-,12-,24-/m0/s1. The number of esters is 1. The van der Waals surface area contributed by atoms with Crippen LogP contribution in [0.15, 0.2) is 0 Å². The summed E-state index contributed by atoms with van der Waals surface area (Å²) in [4.78, 5) is 12.3. The fourth-order valence-electron chi connectivity index (χ4n) is 1.99. The van der Waals surface area contributed by atoms with Crippen LogP contribution in [-0.2, 0) is 20.5 Å². The molecule has 0 aliphatic rings. The minimum absolute atomic E-state index is 0.0446. The van der Waals surface area contributed by atoms with Crippen LogP contribution in [0.3, 0.4) is 0 Å². The van der Waals surface area contributed by atoms with Crippen molar-refractivity contribution in [2.45, 2.75) is 84.9 Å². The Balaban J connectivity index is 5.73. The molecule has 0 aromatic rings. The van der Waals surface area contributed by atoms with Crippen molar-refractivity contribution in [3.8, 4) is 0 Å². The number of ether oxygens (including phenoxy) is 1. The zero-order valence-electron chi connectivity index (χ0n) is 15.7. The molecule has 0 rings (SSSR count). The van der Waals surface area contributed by atoms with Gasteiger partial charge in [-0.05, 0) is 46.5 Å². The van der Waals surface area contributed by atoms with Gasteiger partial charge in [-0.1, -0.05) is 20.8 Å². The molecule has 0 unspecified atom stereocenters. The van der Waals surface area contributed by atoms with Gasteiger partial charge >= 0.3 is 12.1 Å². The quantitative estimate of drug-likeness (QED) is 0.717. The maximum atomic E-state index is 13.6. The highest BCUT2D eigenvalue weighted by molar-refractivity contribution is 7.84. The predicted molar refractivity (Wildman–Crippen MR) is 89.7 cm³/mol. The van der Waals surface area contributed by atoms with E-state index in [2.05, 4.69) is 4.72 Å². The molecule has 0 aromatic heterocycles. The smallest absolute Gasteiger partial charge is 0.405 e. The molecule has 0 aromatic carbocycles. The largest absolute Gasteiger partial charge is 0.463 e. The molecule has 8 heteroatoms. The van der Waals surface area contributed by atoms with Crippen molar-refractivity contribution >= 4 is 17.0 Å². The van der Waals surface area contributed by atoms with Crippen LogP contribution < -0.4 is 4.72 Å². The lowest BCUT2D eigenvalue weighted by atomic mass is 9.81. The maximum absolute atomic E-state index is 13.6. The first-order valence-corrected chi connectivity index (χ1v) is 9.05. The minimum Gasteiger partial charge on any atom is -0.463 e. The van der Waals surface area contributed by atoms with E-state index in [0.717, 1.165) is 0 Å². The second-order valence-electron chi connectivity index (χ2n) is 8.38. The van der Waals surface area contributed by atoms with E-state index in [1.165, 1.54) is 0 Å². The summed E-state index contributed by atoms with van der Waals surface area (Å²) in [5.74, 6) is -2.40. The fourth-order valence-corrected chi connectivity index (χ4v) is 2.87. The number of carbonyl (C=O) groups excluding carboxylic acids is 1. The molecule has 1 N–H and O–H groups in total. The Labute approximate surface area is 145 Å². The lowest BCUT2D eigenvalue weighted by Gasteiger charge is -2.34. The van der Waals surface area contributed by atoms with Gasteiger partial charge in [-0.2, -0.15) is 13.2 Å². The van der Waals surface area contributed by atoms with Crippen LogP contribution in [-0.4, -0.2) is 33.2 Å². The van der Waals surface area contributed by atoms with Gasteiger partial charge < -0.3 is 4.74 Å². The maximum Gasteiger partial charge on any atom is 0.405 e. The summed E-state index contributed by atoms with van der Waals surface area (Å²) in [6.45, 7) is 13.1. The number of halogens is 3. The Kier molecular flexibility index (Phi) is 7.95. The van der Waals surface area contributed by atoms with Crippen LogP contribution >= 0.6 is 0 Å². The first-order chi connectivity index (χ1) is 10.4. The van der Waals surface area contributed by atoms with E-state index in [1.54, 1.807) is 55.4 Å². The molecular formula is C16H30F3NO3S. The number of hydrogen-bond acceptors (Lipinski definition) is 3. The highest BCUT2D eigenvalue weighted by Gasteiger charge is 2.50. The first kappa shape index (κ1) is 23.4. The van der Waals surface area contributed by atoms with Crippen molar-refractivity contribution in [3.05, 3.63) is 0 Å². The summed E-state index contributed by atoms with van der Waals surface area (Å²) in [5.41, 5.74) is -0.533. The van der Waals surface area contributed by atoms with E-state index < -0.39 is 51.4 Å². The average molecular weight is 373 g/mol. The SMILES string of the molecule is CC(C)OC(=O)[C@@H](CC(C)(C)C)[C@H](N[S@@](=O)C(C)(C)C)C(F)(F)F. The summed E-state index contributed by atoms with van der Waals surface area (Å²) in [7, 11) is -1.97. The molecule has 0 heterocycles. The van der Waals surface area contributed by atoms with Crippen LogP contribution in [0.5, 0.6) is 0 Å². The second kappa shape index (κ2) is 8.17. The van der Waals surface area contributed by atoms with Crippen LogP contribution in [0.1, 0.15) is 61.8 Å². The summed E-state index contributed by atoms with van der Waals surface area (Å²) < 4.78 is 59.2. The number of carbonyl (C=O) groups is 1. The zero-order valence-corrected chi connectivity index (χ0v) is 16.5. The Morgan fingerprint density at radius 1 is 1.08 bits per heavy atom. The zero-order chi connectivity index (χ0) is 19.5. The van der Waals surface area contributed by atoms with Crippen LogP contribution in [0.4, 0.5) is 13.2 Å². The molecule has 0 fully saturated rings. The number of rotatable bonds is 6. The molecule has 3 atom stereocenters. The van der Waals surface area contributed by atoms with Crippen LogP contribution in [0.25, 0.3) is 0 Å². The number of nitrogens with one attached hydrogen (secondary N) is 1. The van der Waals surface area contributed by atoms with Crippen LogP contribution in [0, 0.1) is 11.3 Å². The lowest BCUT2D eigenvalue weighted by Crippen LogP contribution is -2.54. The van der Waals surface area contributed by atoms with Crippen LogP contribution in [0.2, 0.25) is 0 Å². The van der Waals surface area contributed by atoms with Gasteiger partial charge in [-0.15, -0.1) is 0 Å². The van der Waals surface area contributed by atoms with Crippen molar-refractivity contribution < 1.29 is 26.9 Å². The van der Waals surface area contributed by atoms with Crippen molar-refractivity contribution in [1.82, 2.24) is 4.72 Å². The van der Waals surface area contributed by atoms with Gasteiger partial charge in [0.1, 0.15) is 6.04 Å². The normalized spacial score (nSPS) is 17.5. The molecule has 24 heavy (non-hydrogen) atoms. The lowest BCUT2D eigenvalue weighted by molar-refractivity contribution is -0.183. The van der Waals surface area contributed by atoms with E-state index in [0.29, 0.717) is 0 Å². The van der Waals surface area contributed by atoms with Gasteiger partial charge in [0, 0.05) is 0 Å². The Hall–Kier alpha value is -0.630. The number of alkyl halides is 3. The Bertz CT molecular complexity index is 451. The molecule has 144 valence electrons.